The molecule has 0 aliphatic carbocycles. The summed E-state index contributed by atoms with van der Waals surface area (Å²) in [7, 11) is 0. The minimum atomic E-state index is -0.480. The van der Waals surface area contributed by atoms with Crippen molar-refractivity contribution in [3.05, 3.63) is 52.3 Å². The fraction of sp³-hybridized carbons (Fsp3) is 0.100. The predicted octanol–water partition coefficient (Wildman–Crippen LogP) is 0.293. The molecule has 6 nitrogen and oxygen atoms in total. The zero-order chi connectivity index (χ0) is 11.4. The maximum Gasteiger partial charge on any atom is 0.335 e. The largest absolute Gasteiger partial charge is 0.430 e. The Labute approximate surface area is 90.3 Å². The average Bonchev–Trinajstić information content (AvgIpc) is 2.80. The summed E-state index contributed by atoms with van der Waals surface area (Å²) < 4.78 is 4.58. The van der Waals surface area contributed by atoms with E-state index in [0.29, 0.717) is 12.1 Å². The molecule has 2 heterocycles. The van der Waals surface area contributed by atoms with Crippen molar-refractivity contribution in [1.82, 2.24) is 15.5 Å². The smallest absolute Gasteiger partial charge is 0.335 e. The Kier molecular flexibility index (Phi) is 2.81. The SMILES string of the molecule is O=C(NCc1cn[nH]c1)c1ccc(=O)oc1. The Bertz CT molecular complexity index is 510. The number of carbonyl (C=O) groups is 1. The second kappa shape index (κ2) is 4.43. The van der Waals surface area contributed by atoms with Gasteiger partial charge in [0, 0.05) is 24.4 Å². The quantitative estimate of drug-likeness (QED) is 0.776. The van der Waals surface area contributed by atoms with E-state index in [2.05, 4.69) is 19.9 Å². The van der Waals surface area contributed by atoms with Gasteiger partial charge in [0.1, 0.15) is 6.26 Å². The van der Waals surface area contributed by atoms with Gasteiger partial charge in [-0.1, -0.05) is 0 Å². The first kappa shape index (κ1) is 10.2. The van der Waals surface area contributed by atoms with Crippen molar-refractivity contribution >= 4 is 5.91 Å². The van der Waals surface area contributed by atoms with Gasteiger partial charge in [-0.05, 0) is 6.07 Å². The molecule has 0 aromatic carbocycles. The van der Waals surface area contributed by atoms with Crippen LogP contribution in [0.25, 0.3) is 0 Å². The van der Waals surface area contributed by atoms with Crippen molar-refractivity contribution < 1.29 is 9.21 Å². The van der Waals surface area contributed by atoms with Crippen LogP contribution in [0.2, 0.25) is 0 Å². The number of nitrogens with one attached hydrogen (secondary N) is 2. The number of amides is 1. The third-order valence-corrected chi connectivity index (χ3v) is 1.97. The highest BCUT2D eigenvalue weighted by atomic mass is 16.4. The van der Waals surface area contributed by atoms with E-state index in [1.807, 2.05) is 0 Å². The lowest BCUT2D eigenvalue weighted by molar-refractivity contribution is 0.0948. The van der Waals surface area contributed by atoms with Crippen molar-refractivity contribution in [3.63, 3.8) is 0 Å². The Hall–Kier alpha value is -2.37. The highest BCUT2D eigenvalue weighted by Crippen LogP contribution is 1.97. The van der Waals surface area contributed by atoms with E-state index in [1.54, 1.807) is 12.4 Å². The Morgan fingerprint density at radius 2 is 2.38 bits per heavy atom. The number of aromatic nitrogens is 2. The molecular weight excluding hydrogens is 210 g/mol. The molecule has 1 amide bonds. The van der Waals surface area contributed by atoms with Gasteiger partial charge in [-0.15, -0.1) is 0 Å². The number of hydrogen-bond acceptors (Lipinski definition) is 4. The molecule has 82 valence electrons. The monoisotopic (exact) mass is 219 g/mol. The van der Waals surface area contributed by atoms with E-state index in [1.165, 1.54) is 12.1 Å². The molecule has 2 aromatic heterocycles. The molecule has 0 unspecified atom stereocenters. The molecule has 2 rings (SSSR count). The van der Waals surface area contributed by atoms with Gasteiger partial charge in [0.2, 0.25) is 0 Å². The van der Waals surface area contributed by atoms with Crippen molar-refractivity contribution in [2.24, 2.45) is 0 Å². The van der Waals surface area contributed by atoms with Gasteiger partial charge in [-0.3, -0.25) is 9.89 Å². The van der Waals surface area contributed by atoms with Gasteiger partial charge in [0.05, 0.1) is 11.8 Å². The molecule has 0 spiro atoms. The lowest BCUT2D eigenvalue weighted by Gasteiger charge is -2.01. The fourth-order valence-corrected chi connectivity index (χ4v) is 1.15. The summed E-state index contributed by atoms with van der Waals surface area (Å²) >= 11 is 0. The van der Waals surface area contributed by atoms with Crippen LogP contribution in [0.15, 0.2) is 40.0 Å². The standard InChI is InChI=1S/C10H9N3O3/c14-9-2-1-8(6-16-9)10(15)11-3-7-4-12-13-5-7/h1-2,4-6H,3H2,(H,11,15)(H,12,13). The zero-order valence-electron chi connectivity index (χ0n) is 8.27. The van der Waals surface area contributed by atoms with Crippen LogP contribution in [0.3, 0.4) is 0 Å². The van der Waals surface area contributed by atoms with Crippen LogP contribution in [-0.2, 0) is 6.54 Å². The zero-order valence-corrected chi connectivity index (χ0v) is 8.27. The summed E-state index contributed by atoms with van der Waals surface area (Å²) in [5.41, 5.74) is 0.695. The summed E-state index contributed by atoms with van der Waals surface area (Å²) in [4.78, 5) is 22.2. The third kappa shape index (κ3) is 2.35. The molecule has 2 aromatic rings. The highest BCUT2D eigenvalue weighted by molar-refractivity contribution is 5.93. The minimum Gasteiger partial charge on any atom is -0.430 e. The van der Waals surface area contributed by atoms with Crippen LogP contribution < -0.4 is 10.9 Å². The van der Waals surface area contributed by atoms with Crippen molar-refractivity contribution in [1.29, 1.82) is 0 Å². The molecule has 0 bridgehead atoms. The highest BCUT2D eigenvalue weighted by Gasteiger charge is 2.05. The number of carbonyl (C=O) groups excluding carboxylic acids is 1. The molecule has 2 N–H and O–H groups in total. The lowest BCUT2D eigenvalue weighted by atomic mass is 10.2. The molecule has 0 saturated heterocycles. The third-order valence-electron chi connectivity index (χ3n) is 1.97. The second-order valence-corrected chi connectivity index (χ2v) is 3.13. The average molecular weight is 219 g/mol. The Balaban J connectivity index is 1.98. The predicted molar refractivity (Wildman–Crippen MR) is 54.7 cm³/mol. The minimum absolute atomic E-state index is 0.301. The summed E-state index contributed by atoms with van der Waals surface area (Å²) in [6.45, 7) is 0.370. The number of rotatable bonds is 3. The molecule has 0 saturated carbocycles. The van der Waals surface area contributed by atoms with Gasteiger partial charge >= 0.3 is 5.63 Å². The summed E-state index contributed by atoms with van der Waals surface area (Å²) in [6, 6.07) is 2.61. The van der Waals surface area contributed by atoms with Crippen LogP contribution >= 0.6 is 0 Å². The van der Waals surface area contributed by atoms with Gasteiger partial charge < -0.3 is 9.73 Å². The molecule has 16 heavy (non-hydrogen) atoms. The summed E-state index contributed by atoms with van der Waals surface area (Å²) in [6.07, 6.45) is 4.43. The van der Waals surface area contributed by atoms with E-state index in [-0.39, 0.29) is 5.91 Å². The molecule has 0 aliphatic rings. The van der Waals surface area contributed by atoms with E-state index < -0.39 is 5.63 Å². The van der Waals surface area contributed by atoms with Crippen molar-refractivity contribution in [2.75, 3.05) is 0 Å². The molecule has 6 heteroatoms. The number of H-pyrrole nitrogens is 1. The summed E-state index contributed by atoms with van der Waals surface area (Å²) in [5.74, 6) is -0.301. The number of aromatic amines is 1. The molecular formula is C10H9N3O3. The Morgan fingerprint density at radius 1 is 1.50 bits per heavy atom. The molecule has 0 aliphatic heterocycles. The van der Waals surface area contributed by atoms with Crippen LogP contribution in [0.4, 0.5) is 0 Å². The first-order chi connectivity index (χ1) is 7.75. The maximum atomic E-state index is 11.5. The van der Waals surface area contributed by atoms with E-state index in [4.69, 9.17) is 0 Å². The van der Waals surface area contributed by atoms with Gasteiger partial charge in [-0.25, -0.2) is 4.79 Å². The van der Waals surface area contributed by atoms with Gasteiger partial charge in [0.15, 0.2) is 0 Å². The van der Waals surface area contributed by atoms with Gasteiger partial charge in [0.25, 0.3) is 5.91 Å². The molecule has 0 fully saturated rings. The van der Waals surface area contributed by atoms with Crippen LogP contribution in [-0.4, -0.2) is 16.1 Å². The Morgan fingerprint density at radius 3 is 3.00 bits per heavy atom. The topological polar surface area (TPSA) is 88.0 Å². The normalized spacial score (nSPS) is 10.0. The number of nitrogens with zero attached hydrogens (tertiary/aromatic N) is 1. The van der Waals surface area contributed by atoms with E-state index in [9.17, 15) is 9.59 Å². The van der Waals surface area contributed by atoms with E-state index >= 15 is 0 Å². The maximum absolute atomic E-state index is 11.5. The molecule has 0 atom stereocenters. The van der Waals surface area contributed by atoms with Crippen molar-refractivity contribution in [3.8, 4) is 0 Å². The summed E-state index contributed by atoms with van der Waals surface area (Å²) in [5, 5.41) is 9.05. The van der Waals surface area contributed by atoms with Crippen LogP contribution in [0.5, 0.6) is 0 Å². The van der Waals surface area contributed by atoms with Crippen LogP contribution in [0, 0.1) is 0 Å². The first-order valence-corrected chi connectivity index (χ1v) is 4.60. The second-order valence-electron chi connectivity index (χ2n) is 3.13. The van der Waals surface area contributed by atoms with Crippen LogP contribution in [0.1, 0.15) is 15.9 Å². The molecule has 0 radical (unpaired) electrons. The van der Waals surface area contributed by atoms with Gasteiger partial charge in [-0.2, -0.15) is 5.10 Å². The fourth-order valence-electron chi connectivity index (χ4n) is 1.15. The van der Waals surface area contributed by atoms with Crippen molar-refractivity contribution in [2.45, 2.75) is 6.54 Å². The number of hydrogen-bond donors (Lipinski definition) is 2. The van der Waals surface area contributed by atoms with E-state index in [0.717, 1.165) is 11.8 Å². The first-order valence-electron chi connectivity index (χ1n) is 4.60. The lowest BCUT2D eigenvalue weighted by Crippen LogP contribution is -2.22.